The molecule has 11 heteroatoms. The second-order valence-corrected chi connectivity index (χ2v) is 5.72. The van der Waals surface area contributed by atoms with Gasteiger partial charge in [0.2, 0.25) is 5.95 Å². The predicted molar refractivity (Wildman–Crippen MR) is 63.9 cm³/mol. The highest BCUT2D eigenvalue weighted by molar-refractivity contribution is 7.86. The Balaban J connectivity index is 2.12. The Morgan fingerprint density at radius 2 is 1.80 bits per heavy atom. The van der Waals surface area contributed by atoms with E-state index in [0.717, 1.165) is 16.6 Å². The summed E-state index contributed by atoms with van der Waals surface area (Å²) in [6.45, 7) is 0.520. The molecule has 2 N–H and O–H groups in total. The molecule has 0 atom stereocenters. The first-order chi connectivity index (χ1) is 9.18. The Morgan fingerprint density at radius 3 is 2.30 bits per heavy atom. The number of hydrogen-bond acceptors (Lipinski definition) is 5. The average Bonchev–Trinajstić information content (AvgIpc) is 2.37. The van der Waals surface area contributed by atoms with Crippen molar-refractivity contribution >= 4 is 16.2 Å². The molecule has 0 aromatic carbocycles. The number of piperazine rings is 1. The van der Waals surface area contributed by atoms with Gasteiger partial charge < -0.3 is 4.90 Å². The van der Waals surface area contributed by atoms with Crippen molar-refractivity contribution < 1.29 is 21.6 Å². The Hall–Kier alpha value is -1.46. The lowest BCUT2D eigenvalue weighted by Crippen LogP contribution is -2.51. The van der Waals surface area contributed by atoms with Gasteiger partial charge in [0.25, 0.3) is 10.2 Å². The molecule has 2 rings (SSSR count). The Labute approximate surface area is 113 Å². The molecule has 1 fully saturated rings. The van der Waals surface area contributed by atoms with E-state index in [2.05, 4.69) is 9.97 Å². The molecule has 112 valence electrons. The first-order valence-electron chi connectivity index (χ1n) is 5.61. The van der Waals surface area contributed by atoms with Crippen molar-refractivity contribution in [3.05, 3.63) is 18.0 Å². The van der Waals surface area contributed by atoms with Gasteiger partial charge in [-0.25, -0.2) is 15.1 Å². The molecule has 0 unspecified atom stereocenters. The van der Waals surface area contributed by atoms with Crippen LogP contribution in [-0.4, -0.2) is 48.9 Å². The maximum atomic E-state index is 12.5. The van der Waals surface area contributed by atoms with Gasteiger partial charge in [0.15, 0.2) is 0 Å². The van der Waals surface area contributed by atoms with Gasteiger partial charge >= 0.3 is 6.18 Å². The van der Waals surface area contributed by atoms with E-state index in [1.54, 1.807) is 0 Å². The molecule has 0 amide bonds. The Kier molecular flexibility index (Phi) is 3.84. The first kappa shape index (κ1) is 14.9. The molecule has 0 radical (unpaired) electrons. The third-order valence-electron chi connectivity index (χ3n) is 2.81. The van der Waals surface area contributed by atoms with E-state index < -0.39 is 22.1 Å². The van der Waals surface area contributed by atoms with Gasteiger partial charge in [-0.15, -0.1) is 0 Å². The highest BCUT2D eigenvalue weighted by Crippen LogP contribution is 2.28. The molecule has 20 heavy (non-hydrogen) atoms. The van der Waals surface area contributed by atoms with Crippen molar-refractivity contribution in [1.29, 1.82) is 0 Å². The van der Waals surface area contributed by atoms with E-state index in [4.69, 9.17) is 5.14 Å². The number of aromatic nitrogens is 2. The molecule has 1 aromatic heterocycles. The minimum absolute atomic E-state index is 0.0751. The van der Waals surface area contributed by atoms with E-state index in [1.807, 2.05) is 0 Å². The molecule has 1 aliphatic rings. The predicted octanol–water partition coefficient (Wildman–Crippen LogP) is -0.179. The third-order valence-corrected chi connectivity index (χ3v) is 3.90. The van der Waals surface area contributed by atoms with Crippen LogP contribution in [0.25, 0.3) is 0 Å². The van der Waals surface area contributed by atoms with Crippen LogP contribution in [0.5, 0.6) is 0 Å². The summed E-state index contributed by atoms with van der Waals surface area (Å²) in [4.78, 5) is 8.71. The SMILES string of the molecule is NS(=O)(=O)N1CCN(c2nccc(C(F)(F)F)n2)CC1. The zero-order valence-electron chi connectivity index (χ0n) is 10.2. The largest absolute Gasteiger partial charge is 0.433 e. The first-order valence-corrected chi connectivity index (χ1v) is 7.11. The normalized spacial score (nSPS) is 18.3. The van der Waals surface area contributed by atoms with Crippen molar-refractivity contribution in [2.45, 2.75) is 6.18 Å². The van der Waals surface area contributed by atoms with Crippen molar-refractivity contribution in [2.75, 3.05) is 31.1 Å². The molecule has 2 heterocycles. The summed E-state index contributed by atoms with van der Waals surface area (Å²) in [5, 5.41) is 4.98. The van der Waals surface area contributed by atoms with Crippen molar-refractivity contribution in [3.8, 4) is 0 Å². The molecule has 7 nitrogen and oxygen atoms in total. The zero-order valence-corrected chi connectivity index (χ0v) is 11.0. The lowest BCUT2D eigenvalue weighted by Gasteiger charge is -2.32. The van der Waals surface area contributed by atoms with Crippen molar-refractivity contribution in [1.82, 2.24) is 14.3 Å². The summed E-state index contributed by atoms with van der Waals surface area (Å²) in [5.74, 6) is -0.0751. The van der Waals surface area contributed by atoms with Crippen LogP contribution >= 0.6 is 0 Å². The third kappa shape index (κ3) is 3.35. The number of alkyl halides is 3. The highest BCUT2D eigenvalue weighted by atomic mass is 32.2. The molecule has 1 aromatic rings. The second-order valence-electron chi connectivity index (χ2n) is 4.17. The molecule has 0 spiro atoms. The smallest absolute Gasteiger partial charge is 0.338 e. The fraction of sp³-hybridized carbons (Fsp3) is 0.556. The molecule has 0 bridgehead atoms. The van der Waals surface area contributed by atoms with E-state index >= 15 is 0 Å². The zero-order chi connectivity index (χ0) is 15.0. The van der Waals surface area contributed by atoms with Crippen molar-refractivity contribution in [3.63, 3.8) is 0 Å². The molecule has 1 aliphatic heterocycles. The van der Waals surface area contributed by atoms with Crippen LogP contribution < -0.4 is 10.0 Å². The van der Waals surface area contributed by atoms with Gasteiger partial charge in [0.05, 0.1) is 0 Å². The standard InChI is InChI=1S/C9H12F3N5O2S/c10-9(11,12)7-1-2-14-8(15-7)16-3-5-17(6-4-16)20(13,18)19/h1-2H,3-6H2,(H2,13,18,19). The number of nitrogens with zero attached hydrogens (tertiary/aromatic N) is 4. The lowest BCUT2D eigenvalue weighted by atomic mass is 10.3. The maximum absolute atomic E-state index is 12.5. The molecule has 0 saturated carbocycles. The summed E-state index contributed by atoms with van der Waals surface area (Å²) in [7, 11) is -3.78. The summed E-state index contributed by atoms with van der Waals surface area (Å²) in [5.41, 5.74) is -1.03. The minimum Gasteiger partial charge on any atom is -0.338 e. The van der Waals surface area contributed by atoms with Crippen LogP contribution in [0.3, 0.4) is 0 Å². The van der Waals surface area contributed by atoms with Crippen LogP contribution in [0.1, 0.15) is 5.69 Å². The lowest BCUT2D eigenvalue weighted by molar-refractivity contribution is -0.141. The summed E-state index contributed by atoms with van der Waals surface area (Å²) in [6.07, 6.45) is -3.52. The Morgan fingerprint density at radius 1 is 1.20 bits per heavy atom. The van der Waals surface area contributed by atoms with Gasteiger partial charge in [-0.3, -0.25) is 0 Å². The summed E-state index contributed by atoms with van der Waals surface area (Å²) >= 11 is 0. The van der Waals surface area contributed by atoms with Crippen LogP contribution in [0.15, 0.2) is 12.3 Å². The average molecular weight is 311 g/mol. The second kappa shape index (κ2) is 5.14. The van der Waals surface area contributed by atoms with E-state index in [9.17, 15) is 21.6 Å². The van der Waals surface area contributed by atoms with Crippen LogP contribution in [0.2, 0.25) is 0 Å². The molecular weight excluding hydrogens is 299 g/mol. The van der Waals surface area contributed by atoms with Gasteiger partial charge in [-0.1, -0.05) is 0 Å². The number of nitrogens with two attached hydrogens (primary N) is 1. The quantitative estimate of drug-likeness (QED) is 0.818. The number of anilines is 1. The number of rotatable bonds is 2. The van der Waals surface area contributed by atoms with Crippen LogP contribution in [0, 0.1) is 0 Å². The van der Waals surface area contributed by atoms with Gasteiger partial charge in [0.1, 0.15) is 5.69 Å². The Bertz CT molecular complexity index is 583. The van der Waals surface area contributed by atoms with E-state index in [1.165, 1.54) is 4.90 Å². The fourth-order valence-electron chi connectivity index (χ4n) is 1.80. The minimum atomic E-state index is -4.54. The van der Waals surface area contributed by atoms with E-state index in [0.29, 0.717) is 0 Å². The van der Waals surface area contributed by atoms with Gasteiger partial charge in [0, 0.05) is 32.4 Å². The maximum Gasteiger partial charge on any atom is 0.433 e. The highest BCUT2D eigenvalue weighted by Gasteiger charge is 2.33. The summed E-state index contributed by atoms with van der Waals surface area (Å²) in [6, 6.07) is 0.782. The summed E-state index contributed by atoms with van der Waals surface area (Å²) < 4.78 is 60.9. The monoisotopic (exact) mass is 311 g/mol. The van der Waals surface area contributed by atoms with Gasteiger partial charge in [-0.05, 0) is 6.07 Å². The van der Waals surface area contributed by atoms with Crippen LogP contribution in [0.4, 0.5) is 19.1 Å². The van der Waals surface area contributed by atoms with Gasteiger partial charge in [-0.2, -0.15) is 25.9 Å². The fourth-order valence-corrected chi connectivity index (χ4v) is 2.47. The topological polar surface area (TPSA) is 92.4 Å². The van der Waals surface area contributed by atoms with Crippen molar-refractivity contribution in [2.24, 2.45) is 5.14 Å². The van der Waals surface area contributed by atoms with E-state index in [-0.39, 0.29) is 32.1 Å². The molecular formula is C9H12F3N5O2S. The number of hydrogen-bond donors (Lipinski definition) is 1. The van der Waals surface area contributed by atoms with Crippen LogP contribution in [-0.2, 0) is 16.4 Å². The molecule has 1 saturated heterocycles. The number of halogens is 3. The molecule has 0 aliphatic carbocycles.